The summed E-state index contributed by atoms with van der Waals surface area (Å²) >= 11 is 0. The fourth-order valence-electron chi connectivity index (χ4n) is 3.98. The summed E-state index contributed by atoms with van der Waals surface area (Å²) in [7, 11) is 4.00. The zero-order valence-corrected chi connectivity index (χ0v) is 22.1. The summed E-state index contributed by atoms with van der Waals surface area (Å²) in [5, 5.41) is 2.93. The number of nitrogens with one attached hydrogen (secondary N) is 1. The molecule has 2 aromatic carbocycles. The van der Waals surface area contributed by atoms with Crippen molar-refractivity contribution in [2.45, 2.75) is 40.2 Å². The minimum atomic E-state index is -0.560. The van der Waals surface area contributed by atoms with E-state index in [-0.39, 0.29) is 11.8 Å². The number of carbonyl (C=O) groups excluding carboxylic acids is 2. The van der Waals surface area contributed by atoms with E-state index in [9.17, 15) is 9.59 Å². The van der Waals surface area contributed by atoms with Gasteiger partial charge in [-0.25, -0.2) is 0 Å². The molecule has 0 bridgehead atoms. The van der Waals surface area contributed by atoms with Crippen molar-refractivity contribution in [1.29, 1.82) is 0 Å². The molecule has 1 aliphatic rings. The summed E-state index contributed by atoms with van der Waals surface area (Å²) in [6, 6.07) is 8.61. The number of hydrogen-bond acceptors (Lipinski definition) is 7. The molecule has 0 saturated carbocycles. The predicted molar refractivity (Wildman–Crippen MR) is 140 cm³/mol. The number of rotatable bonds is 12. The number of anilines is 2. The van der Waals surface area contributed by atoms with Gasteiger partial charge in [-0.1, -0.05) is 0 Å². The predicted octanol–water partition coefficient (Wildman–Crippen LogP) is 4.20. The summed E-state index contributed by atoms with van der Waals surface area (Å²) in [6.45, 7) is 10.0. The zero-order chi connectivity index (χ0) is 26.2. The van der Waals surface area contributed by atoms with Gasteiger partial charge in [0.2, 0.25) is 5.75 Å². The largest absolute Gasteiger partial charge is 0.490 e. The third-order valence-corrected chi connectivity index (χ3v) is 5.58. The van der Waals surface area contributed by atoms with Crippen molar-refractivity contribution in [3.05, 3.63) is 35.9 Å². The van der Waals surface area contributed by atoms with E-state index in [1.165, 1.54) is 0 Å². The fraction of sp³-hybridized carbons (Fsp3) is 0.481. The van der Waals surface area contributed by atoms with Gasteiger partial charge < -0.3 is 34.1 Å². The quantitative estimate of drug-likeness (QED) is 0.468. The highest BCUT2D eigenvalue weighted by Crippen LogP contribution is 2.40. The second-order valence-corrected chi connectivity index (χ2v) is 8.64. The highest BCUT2D eigenvalue weighted by molar-refractivity contribution is 6.06. The molecule has 36 heavy (non-hydrogen) atoms. The maximum absolute atomic E-state index is 13.2. The maximum atomic E-state index is 13.2. The van der Waals surface area contributed by atoms with Gasteiger partial charge in [0, 0.05) is 17.8 Å². The molecule has 9 heteroatoms. The number of hydrogen-bond donors (Lipinski definition) is 1. The van der Waals surface area contributed by atoms with Gasteiger partial charge in [0.25, 0.3) is 11.8 Å². The normalized spacial score (nSPS) is 14.8. The Labute approximate surface area is 213 Å². The molecule has 0 aromatic heterocycles. The minimum Gasteiger partial charge on any atom is -0.490 e. The lowest BCUT2D eigenvalue weighted by molar-refractivity contribution is -0.125. The van der Waals surface area contributed by atoms with Crippen LogP contribution in [0.4, 0.5) is 11.4 Å². The summed E-state index contributed by atoms with van der Waals surface area (Å²) in [6.07, 6.45) is 0.253. The molecule has 0 saturated heterocycles. The van der Waals surface area contributed by atoms with E-state index in [1.807, 2.05) is 34.9 Å². The van der Waals surface area contributed by atoms with Crippen molar-refractivity contribution in [3.63, 3.8) is 0 Å². The molecule has 2 amide bonds. The van der Waals surface area contributed by atoms with Gasteiger partial charge in [-0.2, -0.15) is 0 Å². The van der Waals surface area contributed by atoms with Gasteiger partial charge in [0.05, 0.1) is 25.5 Å². The van der Waals surface area contributed by atoms with E-state index in [0.29, 0.717) is 66.3 Å². The van der Waals surface area contributed by atoms with Gasteiger partial charge in [-0.05, 0) is 85.1 Å². The highest BCUT2D eigenvalue weighted by Gasteiger charge is 2.31. The van der Waals surface area contributed by atoms with Crippen molar-refractivity contribution in [3.8, 4) is 23.0 Å². The second-order valence-electron chi connectivity index (χ2n) is 8.64. The van der Waals surface area contributed by atoms with Crippen LogP contribution in [0, 0.1) is 0 Å². The molecule has 0 aliphatic carbocycles. The van der Waals surface area contributed by atoms with Gasteiger partial charge >= 0.3 is 0 Å². The Kier molecular flexibility index (Phi) is 9.41. The molecule has 1 heterocycles. The Hall–Kier alpha value is -3.46. The molecular formula is C27H37N3O6. The molecule has 1 unspecified atom stereocenters. The molecule has 1 N–H and O–H groups in total. The summed E-state index contributed by atoms with van der Waals surface area (Å²) in [4.78, 5) is 29.9. The Balaban J connectivity index is 1.88. The van der Waals surface area contributed by atoms with Gasteiger partial charge in [-0.15, -0.1) is 0 Å². The first kappa shape index (κ1) is 27.1. The van der Waals surface area contributed by atoms with Crippen LogP contribution >= 0.6 is 0 Å². The van der Waals surface area contributed by atoms with Crippen molar-refractivity contribution in [2.75, 3.05) is 57.2 Å². The fourth-order valence-corrected chi connectivity index (χ4v) is 3.98. The molecule has 0 radical (unpaired) electrons. The van der Waals surface area contributed by atoms with E-state index in [1.54, 1.807) is 42.2 Å². The van der Waals surface area contributed by atoms with Crippen molar-refractivity contribution in [1.82, 2.24) is 4.90 Å². The molecule has 3 rings (SSSR count). The highest BCUT2D eigenvalue weighted by atomic mass is 16.5. The molecule has 1 atom stereocenters. The zero-order valence-electron chi connectivity index (χ0n) is 22.1. The van der Waals surface area contributed by atoms with Gasteiger partial charge in [0.1, 0.15) is 5.75 Å². The van der Waals surface area contributed by atoms with Crippen molar-refractivity contribution in [2.24, 2.45) is 0 Å². The molecule has 1 aliphatic heterocycles. The van der Waals surface area contributed by atoms with Gasteiger partial charge in [-0.3, -0.25) is 9.59 Å². The Morgan fingerprint density at radius 1 is 1.03 bits per heavy atom. The SMILES string of the molecule is CCOc1cc(C(=O)Nc2ccc3c(c2)N(CCCN(C)C)C(=O)C(C)O3)cc(OCC)c1OCC. The van der Waals surface area contributed by atoms with Crippen LogP contribution in [-0.2, 0) is 4.79 Å². The van der Waals surface area contributed by atoms with Crippen LogP contribution in [0.1, 0.15) is 44.5 Å². The molecule has 0 fully saturated rings. The molecule has 2 aromatic rings. The minimum absolute atomic E-state index is 0.0982. The molecular weight excluding hydrogens is 462 g/mol. The Bertz CT molecular complexity index is 1040. The van der Waals surface area contributed by atoms with Crippen LogP contribution < -0.4 is 29.2 Å². The lowest BCUT2D eigenvalue weighted by Crippen LogP contribution is -2.45. The number of ether oxygens (including phenoxy) is 4. The first-order chi connectivity index (χ1) is 17.3. The van der Waals surface area contributed by atoms with E-state index < -0.39 is 6.10 Å². The van der Waals surface area contributed by atoms with Crippen molar-refractivity contribution < 1.29 is 28.5 Å². The van der Waals surface area contributed by atoms with E-state index >= 15 is 0 Å². The third kappa shape index (κ3) is 6.40. The Morgan fingerprint density at radius 3 is 2.25 bits per heavy atom. The smallest absolute Gasteiger partial charge is 0.267 e. The maximum Gasteiger partial charge on any atom is 0.267 e. The number of benzene rings is 2. The van der Waals surface area contributed by atoms with Crippen LogP contribution in [0.15, 0.2) is 30.3 Å². The Morgan fingerprint density at radius 2 is 1.67 bits per heavy atom. The van der Waals surface area contributed by atoms with Crippen LogP contribution in [0.2, 0.25) is 0 Å². The number of amides is 2. The second kappa shape index (κ2) is 12.5. The summed E-state index contributed by atoms with van der Waals surface area (Å²) in [5.74, 6) is 1.55. The van der Waals surface area contributed by atoms with E-state index in [0.717, 1.165) is 13.0 Å². The number of nitrogens with zero attached hydrogens (tertiary/aromatic N) is 2. The van der Waals surface area contributed by atoms with Crippen LogP contribution in [0.25, 0.3) is 0 Å². The standard InChI is InChI=1S/C27H37N3O6/c1-7-33-23-15-19(16-24(34-8-2)25(23)35-9-3)26(31)28-20-11-12-22-21(17-20)30(14-10-13-29(5)6)27(32)18(4)36-22/h11-12,15-18H,7-10,13-14H2,1-6H3,(H,28,31). The third-order valence-electron chi connectivity index (χ3n) is 5.58. The van der Waals surface area contributed by atoms with Crippen LogP contribution in [0.5, 0.6) is 23.0 Å². The number of carbonyl (C=O) groups is 2. The molecule has 196 valence electrons. The van der Waals surface area contributed by atoms with E-state index in [4.69, 9.17) is 18.9 Å². The number of fused-ring (bicyclic) bond motifs is 1. The van der Waals surface area contributed by atoms with E-state index in [2.05, 4.69) is 10.2 Å². The van der Waals surface area contributed by atoms with Crippen molar-refractivity contribution >= 4 is 23.2 Å². The first-order valence-electron chi connectivity index (χ1n) is 12.4. The lowest BCUT2D eigenvalue weighted by Gasteiger charge is -2.33. The monoisotopic (exact) mass is 499 g/mol. The first-order valence-corrected chi connectivity index (χ1v) is 12.4. The lowest BCUT2D eigenvalue weighted by atomic mass is 10.1. The molecule has 9 nitrogen and oxygen atoms in total. The summed E-state index contributed by atoms with van der Waals surface area (Å²) < 4.78 is 23.0. The average molecular weight is 500 g/mol. The summed E-state index contributed by atoms with van der Waals surface area (Å²) in [5.41, 5.74) is 1.56. The molecule has 0 spiro atoms. The average Bonchev–Trinajstić information content (AvgIpc) is 2.83. The topological polar surface area (TPSA) is 89.6 Å². The van der Waals surface area contributed by atoms with Crippen LogP contribution in [0.3, 0.4) is 0 Å². The van der Waals surface area contributed by atoms with Crippen LogP contribution in [-0.4, -0.2) is 69.8 Å². The van der Waals surface area contributed by atoms with Gasteiger partial charge in [0.15, 0.2) is 17.6 Å².